The van der Waals surface area contributed by atoms with E-state index < -0.39 is 6.10 Å². The monoisotopic (exact) mass is 320 g/mol. The molecule has 0 saturated heterocycles. The summed E-state index contributed by atoms with van der Waals surface area (Å²) in [4.78, 5) is 0. The summed E-state index contributed by atoms with van der Waals surface area (Å²) in [7, 11) is 0. The van der Waals surface area contributed by atoms with E-state index in [4.69, 9.17) is 11.5 Å². The summed E-state index contributed by atoms with van der Waals surface area (Å²) >= 11 is 0. The predicted octanol–water partition coefficient (Wildman–Crippen LogP) is 3.21. The lowest BCUT2D eigenvalue weighted by Gasteiger charge is -2.63. The first-order valence-electron chi connectivity index (χ1n) is 9.58. The highest BCUT2D eigenvalue weighted by Gasteiger charge is 2.61. The molecular formula is C20H36N2O. The average Bonchev–Trinajstić information content (AvgIpc) is 2.64. The number of aliphatic hydroxyl groups excluding tert-OH is 1. The Morgan fingerprint density at radius 2 is 1.83 bits per heavy atom. The average molecular weight is 321 g/mol. The van der Waals surface area contributed by atoms with Crippen LogP contribution in [0.3, 0.4) is 0 Å². The van der Waals surface area contributed by atoms with E-state index in [0.29, 0.717) is 29.8 Å². The first-order valence-corrected chi connectivity index (χ1v) is 9.58. The first kappa shape index (κ1) is 17.4. The maximum absolute atomic E-state index is 11.1. The Morgan fingerprint density at radius 1 is 1.09 bits per heavy atom. The lowest BCUT2D eigenvalue weighted by molar-refractivity contribution is -0.158. The largest absolute Gasteiger partial charge is 0.388 e. The number of fused-ring (bicyclic) bond motifs is 3. The molecule has 5 N–H and O–H groups in total. The predicted molar refractivity (Wildman–Crippen MR) is 95.8 cm³/mol. The molecule has 2 saturated carbocycles. The zero-order chi connectivity index (χ0) is 16.9. The third kappa shape index (κ3) is 2.51. The standard InChI is InChI=1S/C20H36N2O/c1-18(2)8-4-9-19(3)15(18)7-10-20(13-22)16(19)6-5-14(12-21)11-17(20)23/h11,15-17,23H,4-10,12-13,21-22H2,1-3H3. The van der Waals surface area contributed by atoms with Crippen molar-refractivity contribution < 1.29 is 5.11 Å². The minimum absolute atomic E-state index is 0.143. The summed E-state index contributed by atoms with van der Waals surface area (Å²) < 4.78 is 0. The fourth-order valence-electron chi connectivity index (χ4n) is 6.86. The Balaban J connectivity index is 2.03. The van der Waals surface area contributed by atoms with E-state index >= 15 is 0 Å². The zero-order valence-corrected chi connectivity index (χ0v) is 15.3. The van der Waals surface area contributed by atoms with Gasteiger partial charge in [-0.2, -0.15) is 0 Å². The fourth-order valence-corrected chi connectivity index (χ4v) is 6.86. The maximum atomic E-state index is 11.1. The Labute approximate surface area is 141 Å². The van der Waals surface area contributed by atoms with Crippen LogP contribution in [0.1, 0.15) is 65.7 Å². The van der Waals surface area contributed by atoms with Gasteiger partial charge >= 0.3 is 0 Å². The highest BCUT2D eigenvalue weighted by molar-refractivity contribution is 5.19. The molecule has 3 nitrogen and oxygen atoms in total. The van der Waals surface area contributed by atoms with Crippen molar-refractivity contribution in [1.29, 1.82) is 0 Å². The van der Waals surface area contributed by atoms with E-state index in [-0.39, 0.29) is 5.41 Å². The van der Waals surface area contributed by atoms with Crippen LogP contribution in [0.2, 0.25) is 0 Å². The quantitative estimate of drug-likeness (QED) is 0.684. The normalized spacial score (nSPS) is 46.3. The third-order valence-corrected chi connectivity index (χ3v) is 8.04. The summed E-state index contributed by atoms with van der Waals surface area (Å²) in [5.41, 5.74) is 14.0. The minimum atomic E-state index is -0.429. The second kappa shape index (κ2) is 5.86. The SMILES string of the molecule is CC1(C)CCCC2(C)C1CCC1(CN)C(O)C=C(CN)CCC21. The van der Waals surface area contributed by atoms with Crippen LogP contribution >= 0.6 is 0 Å². The van der Waals surface area contributed by atoms with Crippen molar-refractivity contribution in [1.82, 2.24) is 0 Å². The van der Waals surface area contributed by atoms with Crippen LogP contribution in [-0.2, 0) is 0 Å². The molecule has 0 aromatic rings. The molecule has 0 heterocycles. The van der Waals surface area contributed by atoms with Crippen LogP contribution in [0.4, 0.5) is 0 Å². The molecule has 0 aliphatic heterocycles. The number of aliphatic hydroxyl groups is 1. The van der Waals surface area contributed by atoms with E-state index in [1.807, 2.05) is 6.08 Å². The molecule has 0 aromatic carbocycles. The van der Waals surface area contributed by atoms with E-state index in [1.54, 1.807) is 0 Å². The molecule has 0 radical (unpaired) electrons. The maximum Gasteiger partial charge on any atom is 0.0795 e. The Kier molecular flexibility index (Phi) is 4.44. The van der Waals surface area contributed by atoms with Crippen molar-refractivity contribution in [2.75, 3.05) is 13.1 Å². The fraction of sp³-hybridized carbons (Fsp3) is 0.900. The second-order valence-electron chi connectivity index (χ2n) is 9.44. The van der Waals surface area contributed by atoms with E-state index in [1.165, 1.54) is 31.3 Å². The minimum Gasteiger partial charge on any atom is -0.388 e. The molecule has 3 aliphatic carbocycles. The van der Waals surface area contributed by atoms with Gasteiger partial charge in [0.05, 0.1) is 6.10 Å². The van der Waals surface area contributed by atoms with Crippen molar-refractivity contribution in [3.05, 3.63) is 11.6 Å². The van der Waals surface area contributed by atoms with Gasteiger partial charge in [-0.3, -0.25) is 0 Å². The van der Waals surface area contributed by atoms with E-state index in [9.17, 15) is 5.11 Å². The molecule has 2 fully saturated rings. The molecule has 5 unspecified atom stereocenters. The molecule has 0 amide bonds. The summed E-state index contributed by atoms with van der Waals surface area (Å²) in [6.07, 6.45) is 10.00. The van der Waals surface area contributed by atoms with Gasteiger partial charge in [0.15, 0.2) is 0 Å². The number of hydrogen-bond acceptors (Lipinski definition) is 3. The Bertz CT molecular complexity index is 486. The molecule has 0 spiro atoms. The van der Waals surface area contributed by atoms with Crippen LogP contribution in [-0.4, -0.2) is 24.3 Å². The molecule has 3 heteroatoms. The molecule has 0 bridgehead atoms. The molecule has 0 aromatic heterocycles. The van der Waals surface area contributed by atoms with Crippen molar-refractivity contribution in [3.8, 4) is 0 Å². The zero-order valence-electron chi connectivity index (χ0n) is 15.3. The highest BCUT2D eigenvalue weighted by atomic mass is 16.3. The summed E-state index contributed by atoms with van der Waals surface area (Å²) in [6.45, 7) is 8.58. The van der Waals surface area contributed by atoms with Gasteiger partial charge in [-0.25, -0.2) is 0 Å². The van der Waals surface area contributed by atoms with Crippen LogP contribution in [0, 0.1) is 28.1 Å². The van der Waals surface area contributed by atoms with E-state index in [0.717, 1.165) is 25.2 Å². The van der Waals surface area contributed by atoms with E-state index in [2.05, 4.69) is 20.8 Å². The van der Waals surface area contributed by atoms with Crippen molar-refractivity contribution in [2.45, 2.75) is 71.8 Å². The topological polar surface area (TPSA) is 72.3 Å². The van der Waals surface area contributed by atoms with Gasteiger partial charge in [-0.1, -0.05) is 38.8 Å². The first-order chi connectivity index (χ1) is 10.8. The molecule has 3 aliphatic rings. The number of hydrogen-bond donors (Lipinski definition) is 3. The molecular weight excluding hydrogens is 284 g/mol. The van der Waals surface area contributed by atoms with Gasteiger partial charge in [-0.15, -0.1) is 0 Å². The van der Waals surface area contributed by atoms with Gasteiger partial charge in [0.1, 0.15) is 0 Å². The van der Waals surface area contributed by atoms with Gasteiger partial charge < -0.3 is 16.6 Å². The number of nitrogens with two attached hydrogens (primary N) is 2. The third-order valence-electron chi connectivity index (χ3n) is 8.04. The molecule has 5 atom stereocenters. The Morgan fingerprint density at radius 3 is 2.48 bits per heavy atom. The van der Waals surface area contributed by atoms with Gasteiger partial charge in [0.2, 0.25) is 0 Å². The Hall–Kier alpha value is -0.380. The van der Waals surface area contributed by atoms with Crippen LogP contribution in [0.25, 0.3) is 0 Å². The second-order valence-corrected chi connectivity index (χ2v) is 9.44. The van der Waals surface area contributed by atoms with Crippen molar-refractivity contribution in [2.24, 2.45) is 39.5 Å². The van der Waals surface area contributed by atoms with Gasteiger partial charge in [-0.05, 0) is 61.2 Å². The summed E-state index contributed by atoms with van der Waals surface area (Å²) in [6, 6.07) is 0. The van der Waals surface area contributed by atoms with Crippen LogP contribution in [0.15, 0.2) is 11.6 Å². The smallest absolute Gasteiger partial charge is 0.0795 e. The molecule has 132 valence electrons. The highest BCUT2D eigenvalue weighted by Crippen LogP contribution is 2.66. The van der Waals surface area contributed by atoms with Crippen molar-refractivity contribution >= 4 is 0 Å². The lowest BCUT2D eigenvalue weighted by Crippen LogP contribution is -2.60. The van der Waals surface area contributed by atoms with Gasteiger partial charge in [0.25, 0.3) is 0 Å². The lowest BCUT2D eigenvalue weighted by atomic mass is 9.42. The molecule has 23 heavy (non-hydrogen) atoms. The van der Waals surface area contributed by atoms with Gasteiger partial charge in [0, 0.05) is 18.5 Å². The van der Waals surface area contributed by atoms with Crippen molar-refractivity contribution in [3.63, 3.8) is 0 Å². The van der Waals surface area contributed by atoms with Crippen LogP contribution < -0.4 is 11.5 Å². The summed E-state index contributed by atoms with van der Waals surface area (Å²) in [5, 5.41) is 11.1. The van der Waals surface area contributed by atoms with Crippen LogP contribution in [0.5, 0.6) is 0 Å². The summed E-state index contributed by atoms with van der Waals surface area (Å²) in [5.74, 6) is 1.26. The number of rotatable bonds is 2. The molecule has 3 rings (SSSR count).